The fourth-order valence-electron chi connectivity index (χ4n) is 1.56. The quantitative estimate of drug-likeness (QED) is 0.867. The van der Waals surface area contributed by atoms with E-state index in [-0.39, 0.29) is 6.04 Å². The maximum Gasteiger partial charge on any atom is 0.244 e. The number of hydrogen-bond acceptors (Lipinski definition) is 6. The number of benzene rings is 1. The average Bonchev–Trinajstić information content (AvgIpc) is 2.47. The first kappa shape index (κ1) is 13.7. The van der Waals surface area contributed by atoms with E-state index in [0.717, 1.165) is 12.1 Å². The third kappa shape index (κ3) is 3.65. The minimum Gasteiger partial charge on any atom is -0.350 e. The molecule has 1 unspecified atom stereocenters. The molecule has 2 N–H and O–H groups in total. The Morgan fingerprint density at radius 3 is 3.00 bits per heavy atom. The number of anilines is 3. The van der Waals surface area contributed by atoms with Crippen LogP contribution in [-0.2, 0) is 0 Å². The Morgan fingerprint density at radius 2 is 2.25 bits per heavy atom. The molecule has 0 aliphatic carbocycles. The summed E-state index contributed by atoms with van der Waals surface area (Å²) in [7, 11) is 0. The molecule has 0 fully saturated rings. The van der Waals surface area contributed by atoms with Gasteiger partial charge < -0.3 is 10.6 Å². The van der Waals surface area contributed by atoms with E-state index in [1.54, 1.807) is 18.3 Å². The summed E-state index contributed by atoms with van der Waals surface area (Å²) >= 11 is 0. The molecule has 0 spiro atoms. The fraction of sp³-hybridized carbons (Fsp3) is 0.286. The van der Waals surface area contributed by atoms with Gasteiger partial charge >= 0.3 is 0 Å². The minimum atomic E-state index is 0.286. The molecule has 0 bridgehead atoms. The van der Waals surface area contributed by atoms with Gasteiger partial charge in [0.2, 0.25) is 5.95 Å². The molecule has 102 valence electrons. The molecular formula is C14H16N6. The van der Waals surface area contributed by atoms with Crippen molar-refractivity contribution in [2.24, 2.45) is 0 Å². The molecule has 2 aromatic rings. The second kappa shape index (κ2) is 6.48. The van der Waals surface area contributed by atoms with E-state index in [1.165, 1.54) is 0 Å². The summed E-state index contributed by atoms with van der Waals surface area (Å²) in [6.07, 6.45) is 2.52. The Bertz CT molecular complexity index is 619. The van der Waals surface area contributed by atoms with Gasteiger partial charge in [-0.15, -0.1) is 5.10 Å². The van der Waals surface area contributed by atoms with Crippen LogP contribution < -0.4 is 10.6 Å². The van der Waals surface area contributed by atoms with Gasteiger partial charge in [-0.1, -0.05) is 13.0 Å². The molecule has 0 saturated heterocycles. The van der Waals surface area contributed by atoms with Crippen LogP contribution in [0.2, 0.25) is 0 Å². The van der Waals surface area contributed by atoms with Crippen LogP contribution in [0.25, 0.3) is 0 Å². The Kier molecular flexibility index (Phi) is 4.45. The van der Waals surface area contributed by atoms with Gasteiger partial charge in [0, 0.05) is 11.7 Å². The summed E-state index contributed by atoms with van der Waals surface area (Å²) in [4.78, 5) is 4.33. The number of hydrogen-bond donors (Lipinski definition) is 2. The normalized spacial score (nSPS) is 11.4. The van der Waals surface area contributed by atoms with Crippen molar-refractivity contribution in [3.05, 3.63) is 36.0 Å². The summed E-state index contributed by atoms with van der Waals surface area (Å²) in [5.74, 6) is 1.07. The van der Waals surface area contributed by atoms with Crippen molar-refractivity contribution in [3.63, 3.8) is 0 Å². The molecule has 20 heavy (non-hydrogen) atoms. The highest BCUT2D eigenvalue weighted by Gasteiger charge is 2.04. The molecule has 0 aliphatic heterocycles. The minimum absolute atomic E-state index is 0.286. The molecule has 1 aromatic carbocycles. The zero-order valence-corrected chi connectivity index (χ0v) is 11.5. The van der Waals surface area contributed by atoms with Gasteiger partial charge in [-0.25, -0.2) is 0 Å². The molecule has 6 heteroatoms. The van der Waals surface area contributed by atoms with E-state index in [9.17, 15) is 0 Å². The lowest BCUT2D eigenvalue weighted by Gasteiger charge is -2.11. The van der Waals surface area contributed by atoms with Crippen molar-refractivity contribution in [1.29, 1.82) is 5.26 Å². The molecule has 0 radical (unpaired) electrons. The zero-order chi connectivity index (χ0) is 14.4. The van der Waals surface area contributed by atoms with E-state index >= 15 is 0 Å². The van der Waals surface area contributed by atoms with E-state index in [4.69, 9.17) is 5.26 Å². The van der Waals surface area contributed by atoms with E-state index in [1.807, 2.05) is 12.1 Å². The fourth-order valence-corrected chi connectivity index (χ4v) is 1.56. The van der Waals surface area contributed by atoms with Crippen molar-refractivity contribution >= 4 is 17.5 Å². The molecule has 0 saturated carbocycles. The van der Waals surface area contributed by atoms with Gasteiger partial charge in [-0.2, -0.15) is 15.3 Å². The molecule has 1 aromatic heterocycles. The number of nitrogens with one attached hydrogen (secondary N) is 2. The second-order valence-corrected chi connectivity index (χ2v) is 4.44. The molecule has 6 nitrogen and oxygen atoms in total. The van der Waals surface area contributed by atoms with Gasteiger partial charge in [0.1, 0.15) is 0 Å². The Labute approximate surface area is 117 Å². The Balaban J connectivity index is 2.13. The number of nitriles is 1. The van der Waals surface area contributed by atoms with Gasteiger partial charge in [0.05, 0.1) is 17.8 Å². The van der Waals surface area contributed by atoms with Crippen molar-refractivity contribution in [2.75, 3.05) is 10.6 Å². The third-order valence-corrected chi connectivity index (χ3v) is 2.81. The third-order valence-electron chi connectivity index (χ3n) is 2.81. The van der Waals surface area contributed by atoms with E-state index in [0.29, 0.717) is 17.3 Å². The van der Waals surface area contributed by atoms with Crippen LogP contribution >= 0.6 is 0 Å². The van der Waals surface area contributed by atoms with Crippen LogP contribution in [0.3, 0.4) is 0 Å². The molecule has 2 rings (SSSR count). The van der Waals surface area contributed by atoms with Crippen LogP contribution in [0.5, 0.6) is 0 Å². The molecule has 1 atom stereocenters. The topological polar surface area (TPSA) is 86.5 Å². The smallest absolute Gasteiger partial charge is 0.244 e. The van der Waals surface area contributed by atoms with Crippen molar-refractivity contribution in [1.82, 2.24) is 15.2 Å². The van der Waals surface area contributed by atoms with Crippen LogP contribution in [0.4, 0.5) is 17.5 Å². The average molecular weight is 268 g/mol. The lowest BCUT2D eigenvalue weighted by molar-refractivity contribution is 0.746. The number of nitrogens with zero attached hydrogens (tertiary/aromatic N) is 4. The standard InChI is InChI=1S/C14H16N6/c1-3-10(2)17-14-19-13(9-16-20-14)18-12-6-4-5-11(7-12)8-15/h4-7,9-10H,3H2,1-2H3,(H2,17,18,19,20). The summed E-state index contributed by atoms with van der Waals surface area (Å²) in [6, 6.07) is 9.57. The number of aromatic nitrogens is 3. The van der Waals surface area contributed by atoms with Crippen molar-refractivity contribution in [3.8, 4) is 6.07 Å². The molecule has 1 heterocycles. The maximum absolute atomic E-state index is 8.87. The Morgan fingerprint density at radius 1 is 1.40 bits per heavy atom. The molecule has 0 aliphatic rings. The zero-order valence-electron chi connectivity index (χ0n) is 11.5. The van der Waals surface area contributed by atoms with E-state index < -0.39 is 0 Å². The van der Waals surface area contributed by atoms with E-state index in [2.05, 4.69) is 45.7 Å². The first-order valence-electron chi connectivity index (χ1n) is 6.44. The lowest BCUT2D eigenvalue weighted by atomic mass is 10.2. The number of rotatable bonds is 5. The van der Waals surface area contributed by atoms with Crippen LogP contribution in [-0.4, -0.2) is 21.2 Å². The maximum atomic E-state index is 8.87. The largest absolute Gasteiger partial charge is 0.350 e. The van der Waals surface area contributed by atoms with Gasteiger partial charge in [-0.3, -0.25) is 0 Å². The second-order valence-electron chi connectivity index (χ2n) is 4.44. The summed E-state index contributed by atoms with van der Waals surface area (Å²) < 4.78 is 0. The van der Waals surface area contributed by atoms with Gasteiger partial charge in [0.15, 0.2) is 5.82 Å². The van der Waals surface area contributed by atoms with Crippen LogP contribution in [0.15, 0.2) is 30.5 Å². The predicted molar refractivity (Wildman–Crippen MR) is 77.6 cm³/mol. The first-order chi connectivity index (χ1) is 9.71. The highest BCUT2D eigenvalue weighted by atomic mass is 15.3. The first-order valence-corrected chi connectivity index (χ1v) is 6.44. The monoisotopic (exact) mass is 268 g/mol. The highest BCUT2D eigenvalue weighted by molar-refractivity contribution is 5.58. The van der Waals surface area contributed by atoms with Crippen molar-refractivity contribution < 1.29 is 0 Å². The summed E-state index contributed by atoms with van der Waals surface area (Å²) in [5, 5.41) is 23.0. The van der Waals surface area contributed by atoms with Crippen molar-refractivity contribution in [2.45, 2.75) is 26.3 Å². The van der Waals surface area contributed by atoms with Crippen LogP contribution in [0.1, 0.15) is 25.8 Å². The SMILES string of the molecule is CCC(C)Nc1nncc(Nc2cccc(C#N)c2)n1. The lowest BCUT2D eigenvalue weighted by Crippen LogP contribution is -2.16. The van der Waals surface area contributed by atoms with Crippen LogP contribution in [0, 0.1) is 11.3 Å². The van der Waals surface area contributed by atoms with Gasteiger partial charge in [-0.05, 0) is 31.5 Å². The summed E-state index contributed by atoms with van der Waals surface area (Å²) in [5.41, 5.74) is 1.38. The molecule has 0 amide bonds. The van der Waals surface area contributed by atoms with Gasteiger partial charge in [0.25, 0.3) is 0 Å². The predicted octanol–water partition coefficient (Wildman–Crippen LogP) is 2.70. The summed E-state index contributed by atoms with van der Waals surface area (Å²) in [6.45, 7) is 4.14. The molecular weight excluding hydrogens is 252 g/mol. The Hall–Kier alpha value is -2.68. The highest BCUT2D eigenvalue weighted by Crippen LogP contribution is 2.15.